The highest BCUT2D eigenvalue weighted by molar-refractivity contribution is 6.31. The van der Waals surface area contributed by atoms with Crippen LogP contribution in [0.25, 0.3) is 0 Å². The van der Waals surface area contributed by atoms with Gasteiger partial charge in [-0.05, 0) is 48.7 Å². The molecule has 0 atom stereocenters. The van der Waals surface area contributed by atoms with Crippen LogP contribution in [0.4, 0.5) is 17.3 Å². The molecule has 5 N–H and O–H groups in total. The number of nitrogens with zero attached hydrogens (tertiary/aromatic N) is 2. The number of halogens is 1. The Morgan fingerprint density at radius 3 is 2.58 bits per heavy atom. The molecule has 0 aliphatic heterocycles. The van der Waals surface area contributed by atoms with Gasteiger partial charge in [0.05, 0.1) is 12.6 Å². The fourth-order valence-corrected chi connectivity index (χ4v) is 3.33. The molecule has 3 amide bonds. The molecule has 0 spiro atoms. The number of hydroxylamine groups is 1. The zero-order valence-electron chi connectivity index (χ0n) is 20.4. The van der Waals surface area contributed by atoms with Crippen molar-refractivity contribution < 1.29 is 24.3 Å². The van der Waals surface area contributed by atoms with Crippen LogP contribution in [0.15, 0.2) is 67.4 Å². The maximum atomic E-state index is 12.1. The number of nitrogens with one attached hydrogen (secondary N) is 4. The maximum absolute atomic E-state index is 12.1. The lowest BCUT2D eigenvalue weighted by molar-refractivity contribution is -0.129. The summed E-state index contributed by atoms with van der Waals surface area (Å²) in [5, 5.41) is 17.2. The van der Waals surface area contributed by atoms with Gasteiger partial charge in [0.2, 0.25) is 29.5 Å². The summed E-state index contributed by atoms with van der Waals surface area (Å²) in [6.07, 6.45) is 4.18. The van der Waals surface area contributed by atoms with E-state index in [1.165, 1.54) is 12.3 Å². The van der Waals surface area contributed by atoms with Gasteiger partial charge < -0.3 is 20.7 Å². The molecule has 1 heterocycles. The quantitative estimate of drug-likeness (QED) is 0.0941. The van der Waals surface area contributed by atoms with E-state index in [9.17, 15) is 14.4 Å². The SMILES string of the molecule is C=CC(=O)Nc1cccc(Oc2nc(Nc3ccc(CC(=O)NCCCCC(=O)NO)cc3)ncc2Cl)c1. The van der Waals surface area contributed by atoms with Crippen LogP contribution in [-0.2, 0) is 20.8 Å². The van der Waals surface area contributed by atoms with Crippen LogP contribution in [0.1, 0.15) is 24.8 Å². The molecule has 2 aromatic carbocycles. The number of amides is 3. The van der Waals surface area contributed by atoms with Crippen LogP contribution in [-0.4, -0.2) is 39.4 Å². The normalized spacial score (nSPS) is 10.3. The van der Waals surface area contributed by atoms with Gasteiger partial charge in [-0.25, -0.2) is 10.5 Å². The molecule has 0 aliphatic rings. The summed E-state index contributed by atoms with van der Waals surface area (Å²) in [6, 6.07) is 13.9. The monoisotopic (exact) mass is 538 g/mol. The molecule has 11 nitrogen and oxygen atoms in total. The van der Waals surface area contributed by atoms with Crippen molar-refractivity contribution in [3.8, 4) is 11.6 Å². The molecule has 3 aromatic rings. The molecule has 0 bridgehead atoms. The molecule has 198 valence electrons. The highest BCUT2D eigenvalue weighted by atomic mass is 35.5. The lowest BCUT2D eigenvalue weighted by atomic mass is 10.1. The van der Waals surface area contributed by atoms with E-state index in [1.807, 2.05) is 12.1 Å². The van der Waals surface area contributed by atoms with E-state index in [1.54, 1.807) is 41.9 Å². The molecule has 0 saturated carbocycles. The lowest BCUT2D eigenvalue weighted by Gasteiger charge is -2.11. The third-order valence-corrected chi connectivity index (χ3v) is 5.32. The van der Waals surface area contributed by atoms with Gasteiger partial charge in [0.1, 0.15) is 10.8 Å². The van der Waals surface area contributed by atoms with Crippen molar-refractivity contribution in [2.45, 2.75) is 25.7 Å². The first kappa shape index (κ1) is 28.1. The number of anilines is 3. The Morgan fingerprint density at radius 1 is 1.05 bits per heavy atom. The van der Waals surface area contributed by atoms with Gasteiger partial charge >= 0.3 is 0 Å². The predicted molar refractivity (Wildman–Crippen MR) is 143 cm³/mol. The Kier molecular flexibility index (Phi) is 10.6. The zero-order chi connectivity index (χ0) is 27.3. The summed E-state index contributed by atoms with van der Waals surface area (Å²) in [4.78, 5) is 43.1. The highest BCUT2D eigenvalue weighted by Crippen LogP contribution is 2.29. The van der Waals surface area contributed by atoms with E-state index in [2.05, 4.69) is 32.5 Å². The van der Waals surface area contributed by atoms with Crippen molar-refractivity contribution in [1.82, 2.24) is 20.8 Å². The van der Waals surface area contributed by atoms with Crippen LogP contribution in [0.3, 0.4) is 0 Å². The highest BCUT2D eigenvalue weighted by Gasteiger charge is 2.10. The zero-order valence-corrected chi connectivity index (χ0v) is 21.1. The predicted octanol–water partition coefficient (Wildman–Crippen LogP) is 4.12. The molecule has 0 fully saturated rings. The summed E-state index contributed by atoms with van der Waals surface area (Å²) < 4.78 is 5.80. The third-order valence-electron chi connectivity index (χ3n) is 5.07. The minimum atomic E-state index is -0.446. The van der Waals surface area contributed by atoms with Crippen molar-refractivity contribution in [2.75, 3.05) is 17.2 Å². The van der Waals surface area contributed by atoms with E-state index >= 15 is 0 Å². The van der Waals surface area contributed by atoms with Crippen molar-refractivity contribution >= 4 is 46.6 Å². The number of aromatic nitrogens is 2. The van der Waals surface area contributed by atoms with Gasteiger partial charge in [-0.2, -0.15) is 4.98 Å². The second kappa shape index (κ2) is 14.3. The molecule has 3 rings (SSSR count). The Hall–Kier alpha value is -4.48. The van der Waals surface area contributed by atoms with E-state index in [4.69, 9.17) is 21.5 Å². The summed E-state index contributed by atoms with van der Waals surface area (Å²) in [6.45, 7) is 3.87. The number of hydrogen-bond acceptors (Lipinski definition) is 8. The number of rotatable bonds is 13. The average molecular weight is 539 g/mol. The fourth-order valence-electron chi connectivity index (χ4n) is 3.20. The fraction of sp³-hybridized carbons (Fsp3) is 0.192. The van der Waals surface area contributed by atoms with E-state index in [0.29, 0.717) is 36.5 Å². The Bertz CT molecular complexity index is 1290. The summed E-state index contributed by atoms with van der Waals surface area (Å²) >= 11 is 6.21. The number of unbranched alkanes of at least 4 members (excludes halogenated alkanes) is 1. The number of ether oxygens (including phenoxy) is 1. The number of benzene rings is 2. The Morgan fingerprint density at radius 2 is 1.84 bits per heavy atom. The topological polar surface area (TPSA) is 155 Å². The Balaban J connectivity index is 1.53. The van der Waals surface area contributed by atoms with E-state index < -0.39 is 5.91 Å². The average Bonchev–Trinajstić information content (AvgIpc) is 2.91. The first-order chi connectivity index (χ1) is 18.4. The van der Waals surface area contributed by atoms with Gasteiger partial charge in [-0.1, -0.05) is 36.4 Å². The van der Waals surface area contributed by atoms with Crippen LogP contribution in [0, 0.1) is 0 Å². The van der Waals surface area contributed by atoms with Gasteiger partial charge in [0, 0.05) is 30.4 Å². The maximum Gasteiger partial charge on any atom is 0.247 e. The minimum Gasteiger partial charge on any atom is -0.437 e. The molecular formula is C26H27ClN6O5. The van der Waals surface area contributed by atoms with Crippen LogP contribution < -0.4 is 26.2 Å². The van der Waals surface area contributed by atoms with Crippen molar-refractivity contribution in [3.05, 3.63) is 78.0 Å². The molecule has 38 heavy (non-hydrogen) atoms. The summed E-state index contributed by atoms with van der Waals surface area (Å²) in [7, 11) is 0. The number of carbonyl (C=O) groups is 3. The van der Waals surface area contributed by atoms with E-state index in [-0.39, 0.29) is 41.5 Å². The molecule has 12 heteroatoms. The molecule has 0 aliphatic carbocycles. The van der Waals surface area contributed by atoms with Crippen LogP contribution in [0.5, 0.6) is 11.6 Å². The third kappa shape index (κ3) is 9.19. The van der Waals surface area contributed by atoms with Gasteiger partial charge in [0.15, 0.2) is 0 Å². The molecule has 0 radical (unpaired) electrons. The lowest BCUT2D eigenvalue weighted by Crippen LogP contribution is -2.26. The minimum absolute atomic E-state index is 0.127. The van der Waals surface area contributed by atoms with Gasteiger partial charge in [-0.3, -0.25) is 19.6 Å². The second-order valence-electron chi connectivity index (χ2n) is 8.01. The molecular weight excluding hydrogens is 512 g/mol. The van der Waals surface area contributed by atoms with Crippen molar-refractivity contribution in [2.24, 2.45) is 0 Å². The van der Waals surface area contributed by atoms with Crippen molar-refractivity contribution in [1.29, 1.82) is 0 Å². The first-order valence-corrected chi connectivity index (χ1v) is 12.0. The number of carbonyl (C=O) groups excluding carboxylic acids is 3. The van der Waals surface area contributed by atoms with Gasteiger partial charge in [-0.15, -0.1) is 0 Å². The van der Waals surface area contributed by atoms with Crippen molar-refractivity contribution in [3.63, 3.8) is 0 Å². The van der Waals surface area contributed by atoms with Crippen LogP contribution >= 0.6 is 11.6 Å². The van der Waals surface area contributed by atoms with Gasteiger partial charge in [0.25, 0.3) is 0 Å². The van der Waals surface area contributed by atoms with E-state index in [0.717, 1.165) is 5.56 Å². The second-order valence-corrected chi connectivity index (χ2v) is 8.42. The summed E-state index contributed by atoms with van der Waals surface area (Å²) in [5.41, 5.74) is 3.61. The largest absolute Gasteiger partial charge is 0.437 e. The summed E-state index contributed by atoms with van der Waals surface area (Å²) in [5.74, 6) is -0.131. The molecule has 0 unspecified atom stereocenters. The molecule has 1 aromatic heterocycles. The van der Waals surface area contributed by atoms with Crippen LogP contribution in [0.2, 0.25) is 5.02 Å². The first-order valence-electron chi connectivity index (χ1n) is 11.7. The number of hydrogen-bond donors (Lipinski definition) is 5. The standard InChI is InChI=1S/C26H27ClN6O5/c1-2-22(34)30-19-6-5-7-20(15-19)38-25-21(27)16-29-26(32-25)31-18-11-9-17(10-12-18)14-24(36)28-13-4-3-8-23(35)33-37/h2,5-7,9-12,15-16,37H,1,3-4,8,13-14H2,(H,28,36)(H,30,34)(H,33,35)(H,29,31,32). The Labute approximate surface area is 224 Å². The smallest absolute Gasteiger partial charge is 0.247 e. The molecule has 0 saturated heterocycles.